The molecule has 0 aromatic heterocycles. The first-order valence-electron chi connectivity index (χ1n) is 25.2. The summed E-state index contributed by atoms with van der Waals surface area (Å²) in [6.45, 7) is 41.0. The van der Waals surface area contributed by atoms with Crippen molar-refractivity contribution in [3.05, 3.63) is 170 Å². The lowest BCUT2D eigenvalue weighted by molar-refractivity contribution is -0.173. The van der Waals surface area contributed by atoms with E-state index in [-0.39, 0.29) is 47.3 Å². The summed E-state index contributed by atoms with van der Waals surface area (Å²) in [6.07, 6.45) is -1.35. The highest BCUT2D eigenvalue weighted by molar-refractivity contribution is 7.56. The van der Waals surface area contributed by atoms with Crippen molar-refractivity contribution in [2.24, 2.45) is 0 Å². The maximum absolute atomic E-state index is 8.35. The van der Waals surface area contributed by atoms with Crippen molar-refractivity contribution in [1.82, 2.24) is 0 Å². The molecule has 0 spiro atoms. The third-order valence-electron chi connectivity index (χ3n) is 14.3. The van der Waals surface area contributed by atoms with Gasteiger partial charge in [0.2, 0.25) is 8.38 Å². The fourth-order valence-corrected chi connectivity index (χ4v) is 11.6. The van der Waals surface area contributed by atoms with Gasteiger partial charge in [-0.15, -0.1) is 0 Å². The second-order valence-corrected chi connectivity index (χ2v) is 23.9. The van der Waals surface area contributed by atoms with Gasteiger partial charge in [0, 0.05) is 5.30 Å². The molecule has 2 aliphatic rings. The van der Waals surface area contributed by atoms with Gasteiger partial charge in [-0.05, 0) is 140 Å². The lowest BCUT2D eigenvalue weighted by Gasteiger charge is -2.43. The summed E-state index contributed by atoms with van der Waals surface area (Å²) in [6, 6.07) is 39.6. The Morgan fingerprint density at radius 2 is 0.576 bits per heavy atom. The number of rotatable bonds is 13. The second kappa shape index (κ2) is 19.4. The van der Waals surface area contributed by atoms with Gasteiger partial charge in [-0.1, -0.05) is 202 Å². The van der Waals surface area contributed by atoms with Gasteiger partial charge in [-0.2, -0.15) is 0 Å². The van der Waals surface area contributed by atoms with Crippen LogP contribution in [0.15, 0.2) is 103 Å². The predicted molar refractivity (Wildman–Crippen MR) is 279 cm³/mol. The molecule has 66 heavy (non-hydrogen) atoms. The maximum atomic E-state index is 8.35. The highest BCUT2D eigenvalue weighted by Crippen LogP contribution is 2.65. The molecule has 0 aliphatic carbocycles. The van der Waals surface area contributed by atoms with E-state index in [0.717, 1.165) is 27.6 Å². The Kier molecular flexibility index (Phi) is 14.8. The van der Waals surface area contributed by atoms with Gasteiger partial charge < -0.3 is 18.5 Å². The predicted octanol–water partition coefficient (Wildman–Crippen LogP) is 17.1. The third-order valence-corrected chi connectivity index (χ3v) is 15.9. The van der Waals surface area contributed by atoms with E-state index >= 15 is 0 Å². The molecule has 0 radical (unpaired) electrons. The van der Waals surface area contributed by atoms with E-state index < -0.39 is 37.6 Å². The first kappa shape index (κ1) is 50.3. The Hall–Kier alpha value is -3.63. The quantitative estimate of drug-likeness (QED) is 0.110. The van der Waals surface area contributed by atoms with Crippen molar-refractivity contribution in [3.8, 4) is 0 Å². The molecule has 5 heteroatoms. The molecule has 2 fully saturated rings. The minimum absolute atomic E-state index is 0.277. The molecule has 7 rings (SSSR count). The smallest absolute Gasteiger partial charge is 0.207 e. The SMILES string of the molecule is CC(C)c1cc(C(C)C)cc(C2(c3cc(C(C)C)cc(C(C)C)c3)OP(c3ccccc3)OC(c3cc(C(C)C)cc(C(C)C)c3)(c3cc(C(C)C)cc(C(C)C)c3)C3OC(C)(C)OC32)c1. The summed E-state index contributed by atoms with van der Waals surface area (Å²) >= 11 is 0. The Labute approximate surface area is 401 Å². The van der Waals surface area contributed by atoms with Crippen molar-refractivity contribution in [2.45, 2.75) is 201 Å². The maximum Gasteiger partial charge on any atom is 0.207 e. The molecule has 5 aromatic rings. The topological polar surface area (TPSA) is 36.9 Å². The first-order valence-corrected chi connectivity index (χ1v) is 26.4. The highest BCUT2D eigenvalue weighted by atomic mass is 31.2. The zero-order valence-corrected chi connectivity index (χ0v) is 44.6. The van der Waals surface area contributed by atoms with Crippen molar-refractivity contribution < 1.29 is 18.5 Å². The van der Waals surface area contributed by atoms with E-state index in [9.17, 15) is 0 Å². The summed E-state index contributed by atoms with van der Waals surface area (Å²) in [5.74, 6) is 1.21. The first-order chi connectivity index (χ1) is 31.0. The zero-order chi connectivity index (χ0) is 48.2. The van der Waals surface area contributed by atoms with Crippen LogP contribution in [0.5, 0.6) is 0 Å². The zero-order valence-electron chi connectivity index (χ0n) is 43.7. The van der Waals surface area contributed by atoms with Gasteiger partial charge in [-0.3, -0.25) is 0 Å². The van der Waals surface area contributed by atoms with Crippen molar-refractivity contribution in [3.63, 3.8) is 0 Å². The minimum atomic E-state index is -1.88. The Morgan fingerprint density at radius 1 is 0.348 bits per heavy atom. The van der Waals surface area contributed by atoms with E-state index in [0.29, 0.717) is 0 Å². The number of fused-ring (bicyclic) bond motifs is 1. The van der Waals surface area contributed by atoms with Crippen LogP contribution in [0.25, 0.3) is 0 Å². The summed E-state index contributed by atoms with van der Waals surface area (Å²) in [4.78, 5) is 0. The number of hydrogen-bond donors (Lipinski definition) is 0. The van der Waals surface area contributed by atoms with E-state index in [4.69, 9.17) is 18.5 Å². The second-order valence-electron chi connectivity index (χ2n) is 22.5. The van der Waals surface area contributed by atoms with Crippen LogP contribution < -0.4 is 5.30 Å². The summed E-state index contributed by atoms with van der Waals surface area (Å²) in [5.41, 5.74) is 12.1. The van der Waals surface area contributed by atoms with Crippen molar-refractivity contribution in [1.29, 1.82) is 0 Å². The van der Waals surface area contributed by atoms with Crippen LogP contribution in [0.4, 0.5) is 0 Å². The molecule has 0 N–H and O–H groups in total. The molecule has 2 atom stereocenters. The summed E-state index contributed by atoms with van der Waals surface area (Å²) in [7, 11) is -1.88. The molecule has 0 bridgehead atoms. The van der Waals surface area contributed by atoms with Gasteiger partial charge >= 0.3 is 0 Å². The number of hydrogen-bond acceptors (Lipinski definition) is 4. The van der Waals surface area contributed by atoms with Crippen LogP contribution in [0, 0.1) is 0 Å². The Balaban J connectivity index is 1.76. The molecule has 0 amide bonds. The lowest BCUT2D eigenvalue weighted by atomic mass is 9.69. The van der Waals surface area contributed by atoms with E-state index in [1.807, 2.05) is 0 Å². The molecule has 5 aromatic carbocycles. The fraction of sp³-hybridized carbons (Fsp3) is 0.508. The van der Waals surface area contributed by atoms with Crippen LogP contribution in [0.1, 0.15) is 239 Å². The van der Waals surface area contributed by atoms with Crippen LogP contribution >= 0.6 is 8.38 Å². The lowest BCUT2D eigenvalue weighted by Crippen LogP contribution is -2.54. The normalized spacial score (nSPS) is 20.4. The van der Waals surface area contributed by atoms with Gasteiger partial charge in [-0.25, -0.2) is 0 Å². The third kappa shape index (κ3) is 9.67. The molecule has 2 aliphatic heterocycles. The van der Waals surface area contributed by atoms with Crippen molar-refractivity contribution >= 4 is 13.7 Å². The van der Waals surface area contributed by atoms with Crippen LogP contribution in [-0.2, 0) is 29.7 Å². The van der Waals surface area contributed by atoms with Gasteiger partial charge in [0.15, 0.2) is 17.0 Å². The molecule has 354 valence electrons. The monoisotopic (exact) mass is 909 g/mol. The largest absolute Gasteiger partial charge is 0.341 e. The summed E-state index contributed by atoms with van der Waals surface area (Å²) in [5, 5.41) is 1.00. The minimum Gasteiger partial charge on any atom is -0.341 e. The molecule has 2 heterocycles. The highest BCUT2D eigenvalue weighted by Gasteiger charge is 2.67. The van der Waals surface area contributed by atoms with Crippen LogP contribution in [0.2, 0.25) is 0 Å². The van der Waals surface area contributed by atoms with Crippen molar-refractivity contribution in [2.75, 3.05) is 0 Å². The Morgan fingerprint density at radius 3 is 0.788 bits per heavy atom. The molecular formula is C61H81O4P. The van der Waals surface area contributed by atoms with E-state index in [2.05, 4.69) is 228 Å². The van der Waals surface area contributed by atoms with Gasteiger partial charge in [0.05, 0.1) is 0 Å². The van der Waals surface area contributed by atoms with Crippen LogP contribution in [0.3, 0.4) is 0 Å². The summed E-state index contributed by atoms with van der Waals surface area (Å²) < 4.78 is 32.2. The average Bonchev–Trinajstić information content (AvgIpc) is 3.55. The van der Waals surface area contributed by atoms with Crippen LogP contribution in [-0.4, -0.2) is 18.0 Å². The molecular weight excluding hydrogens is 828 g/mol. The molecule has 2 saturated heterocycles. The molecule has 2 unspecified atom stereocenters. The van der Waals surface area contributed by atoms with Gasteiger partial charge in [0.25, 0.3) is 0 Å². The molecule has 0 saturated carbocycles. The number of ether oxygens (including phenoxy) is 2. The fourth-order valence-electron chi connectivity index (χ4n) is 9.83. The Bertz CT molecular complexity index is 2090. The van der Waals surface area contributed by atoms with Gasteiger partial charge in [0.1, 0.15) is 12.2 Å². The van der Waals surface area contributed by atoms with E-state index in [1.54, 1.807) is 0 Å². The standard InChI is InChI=1S/C61H81O4P/c1-36(2)44-24-45(37(3)4)29-52(28-44)60(53-30-46(38(5)6)25-47(31-53)39(7)8)57-58(63-59(17,18)62-57)61(65-66(64-60)56-22-20-19-21-23-56,54-32-48(40(9)10)26-49(33-54)41(11)12)55-34-50(42(13)14)27-51(35-55)43(15)16/h19-43,57-58H,1-18H3. The van der Waals surface area contributed by atoms with E-state index in [1.165, 1.54) is 44.5 Å². The average molecular weight is 909 g/mol. The molecule has 4 nitrogen and oxygen atoms in total. The number of benzene rings is 5.